The number of fused-ring (bicyclic) bond motifs is 1. The van der Waals surface area contributed by atoms with Gasteiger partial charge in [0.05, 0.1) is 19.2 Å². The standard InChI is InChI=1S/C29H28ClF2N5O4/c30-18-2-1-17(23(32)11-18)16-41-26-12-19(3-4-22(26)31)33-20-7-9-36(13-20)15-27-34-24-5-6-25(29(38)39)35-28(24)37(27)14-21-8-10-40-21/h1-6,11-12,20-21,33H,7-10,13-16H2,(H,38,39)/t20-,21+/m1/s1. The first-order valence-corrected chi connectivity index (χ1v) is 13.8. The van der Waals surface area contributed by atoms with Crippen molar-refractivity contribution in [1.82, 2.24) is 19.4 Å². The molecule has 41 heavy (non-hydrogen) atoms. The van der Waals surface area contributed by atoms with Crippen LogP contribution in [-0.4, -0.2) is 62.4 Å². The van der Waals surface area contributed by atoms with Gasteiger partial charge in [-0.15, -0.1) is 0 Å². The number of nitrogens with zero attached hydrogens (tertiary/aromatic N) is 4. The predicted molar refractivity (Wildman–Crippen MR) is 148 cm³/mol. The van der Waals surface area contributed by atoms with Gasteiger partial charge in [0.1, 0.15) is 23.8 Å². The number of carbonyl (C=O) groups is 1. The number of rotatable bonds is 10. The van der Waals surface area contributed by atoms with E-state index in [2.05, 4.69) is 15.2 Å². The summed E-state index contributed by atoms with van der Waals surface area (Å²) in [6.45, 7) is 3.25. The Morgan fingerprint density at radius 1 is 1.12 bits per heavy atom. The average Bonchev–Trinajstić information content (AvgIpc) is 3.50. The van der Waals surface area contributed by atoms with Crippen LogP contribution in [0.4, 0.5) is 14.5 Å². The van der Waals surface area contributed by atoms with Gasteiger partial charge in [-0.2, -0.15) is 0 Å². The second-order valence-corrected chi connectivity index (χ2v) is 10.7. The maximum Gasteiger partial charge on any atom is 0.354 e. The molecule has 0 aliphatic carbocycles. The molecule has 2 aliphatic heterocycles. The van der Waals surface area contributed by atoms with Crippen molar-refractivity contribution in [2.75, 3.05) is 25.0 Å². The number of hydrogen-bond donors (Lipinski definition) is 2. The third-order valence-corrected chi connectivity index (χ3v) is 7.64. The van der Waals surface area contributed by atoms with Gasteiger partial charge in [-0.05, 0) is 49.2 Å². The molecule has 0 bridgehead atoms. The Hall–Kier alpha value is -3.80. The molecule has 12 heteroatoms. The molecule has 0 amide bonds. The van der Waals surface area contributed by atoms with E-state index in [-0.39, 0.29) is 40.8 Å². The van der Waals surface area contributed by atoms with Crippen LogP contribution in [0.5, 0.6) is 5.75 Å². The highest BCUT2D eigenvalue weighted by Crippen LogP contribution is 2.27. The molecule has 2 atom stereocenters. The van der Waals surface area contributed by atoms with Crippen molar-refractivity contribution >= 4 is 34.4 Å². The number of benzene rings is 2. The van der Waals surface area contributed by atoms with Gasteiger partial charge in [0.2, 0.25) is 0 Å². The summed E-state index contributed by atoms with van der Waals surface area (Å²) in [7, 11) is 0. The van der Waals surface area contributed by atoms with E-state index in [9.17, 15) is 18.7 Å². The van der Waals surface area contributed by atoms with Gasteiger partial charge in [-0.3, -0.25) is 4.90 Å². The number of carboxylic acid groups (broad SMARTS) is 1. The van der Waals surface area contributed by atoms with E-state index >= 15 is 0 Å². The molecule has 6 rings (SSSR count). The van der Waals surface area contributed by atoms with E-state index in [4.69, 9.17) is 26.1 Å². The van der Waals surface area contributed by atoms with E-state index in [1.54, 1.807) is 24.3 Å². The Labute approximate surface area is 239 Å². The first-order valence-electron chi connectivity index (χ1n) is 13.4. The summed E-state index contributed by atoms with van der Waals surface area (Å²) in [6, 6.07) is 12.1. The molecular weight excluding hydrogens is 556 g/mol. The Kier molecular flexibility index (Phi) is 7.74. The van der Waals surface area contributed by atoms with E-state index < -0.39 is 17.6 Å². The first-order chi connectivity index (χ1) is 19.8. The molecule has 2 aromatic carbocycles. The first kappa shape index (κ1) is 27.4. The van der Waals surface area contributed by atoms with Crippen LogP contribution in [0.25, 0.3) is 11.2 Å². The van der Waals surface area contributed by atoms with Crippen molar-refractivity contribution in [3.63, 3.8) is 0 Å². The molecule has 0 unspecified atom stereocenters. The summed E-state index contributed by atoms with van der Waals surface area (Å²) in [6.07, 6.45) is 1.85. The van der Waals surface area contributed by atoms with Gasteiger partial charge in [0.25, 0.3) is 0 Å². The molecule has 4 aromatic rings. The van der Waals surface area contributed by atoms with Crippen molar-refractivity contribution < 1.29 is 28.2 Å². The topological polar surface area (TPSA) is 102 Å². The summed E-state index contributed by atoms with van der Waals surface area (Å²) in [5, 5.41) is 13.1. The summed E-state index contributed by atoms with van der Waals surface area (Å²) in [5.41, 5.74) is 2.15. The number of aromatic nitrogens is 3. The highest BCUT2D eigenvalue weighted by Gasteiger charge is 2.27. The molecule has 9 nitrogen and oxygen atoms in total. The lowest BCUT2D eigenvalue weighted by atomic mass is 10.2. The van der Waals surface area contributed by atoms with E-state index in [1.807, 2.05) is 4.57 Å². The molecule has 0 saturated carbocycles. The minimum Gasteiger partial charge on any atom is -0.486 e. The third-order valence-electron chi connectivity index (χ3n) is 7.41. The van der Waals surface area contributed by atoms with Gasteiger partial charge in [-0.25, -0.2) is 23.5 Å². The molecule has 2 aromatic heterocycles. The Morgan fingerprint density at radius 2 is 1.98 bits per heavy atom. The number of pyridine rings is 1. The molecule has 214 valence electrons. The number of nitrogens with one attached hydrogen (secondary N) is 1. The van der Waals surface area contributed by atoms with E-state index in [1.165, 1.54) is 24.3 Å². The monoisotopic (exact) mass is 583 g/mol. The van der Waals surface area contributed by atoms with Gasteiger partial charge in [0.15, 0.2) is 22.9 Å². The maximum absolute atomic E-state index is 14.4. The molecule has 0 radical (unpaired) electrons. The minimum absolute atomic E-state index is 0.0221. The highest BCUT2D eigenvalue weighted by atomic mass is 35.5. The van der Waals surface area contributed by atoms with Crippen molar-refractivity contribution in [3.8, 4) is 5.75 Å². The van der Waals surface area contributed by atoms with Crippen molar-refractivity contribution in [1.29, 1.82) is 0 Å². The zero-order valence-corrected chi connectivity index (χ0v) is 22.8. The van der Waals surface area contributed by atoms with Gasteiger partial charge >= 0.3 is 5.97 Å². The predicted octanol–water partition coefficient (Wildman–Crippen LogP) is 5.12. The second kappa shape index (κ2) is 11.6. The average molecular weight is 584 g/mol. The molecular formula is C29H28ClF2N5O4. The maximum atomic E-state index is 14.4. The van der Waals surface area contributed by atoms with Crippen molar-refractivity contribution in [3.05, 3.63) is 82.3 Å². The van der Waals surface area contributed by atoms with Gasteiger partial charge in [0, 0.05) is 48.1 Å². The number of aromatic carboxylic acids is 1. The normalized spacial score (nSPS) is 18.9. The van der Waals surface area contributed by atoms with Crippen LogP contribution >= 0.6 is 11.6 Å². The fraction of sp³-hybridized carbons (Fsp3) is 0.345. The number of halogens is 3. The molecule has 2 saturated heterocycles. The van der Waals surface area contributed by atoms with Crippen molar-refractivity contribution in [2.45, 2.75) is 44.7 Å². The number of hydrogen-bond acceptors (Lipinski definition) is 7. The van der Waals surface area contributed by atoms with Crippen molar-refractivity contribution in [2.24, 2.45) is 0 Å². The molecule has 2 fully saturated rings. The minimum atomic E-state index is -1.08. The second-order valence-electron chi connectivity index (χ2n) is 10.3. The van der Waals surface area contributed by atoms with Crippen LogP contribution in [0.1, 0.15) is 34.7 Å². The number of imidazole rings is 1. The molecule has 0 spiro atoms. The van der Waals surface area contributed by atoms with Crippen LogP contribution in [-0.2, 0) is 24.4 Å². The lowest BCUT2D eigenvalue weighted by molar-refractivity contribution is -0.0592. The molecule has 2 aliphatic rings. The van der Waals surface area contributed by atoms with Gasteiger partial charge < -0.3 is 24.5 Å². The lowest BCUT2D eigenvalue weighted by Crippen LogP contribution is -2.33. The third kappa shape index (κ3) is 6.12. The Morgan fingerprint density at radius 3 is 2.73 bits per heavy atom. The largest absolute Gasteiger partial charge is 0.486 e. The van der Waals surface area contributed by atoms with Crippen LogP contribution in [0.3, 0.4) is 0 Å². The van der Waals surface area contributed by atoms with Crippen LogP contribution in [0, 0.1) is 11.6 Å². The number of ether oxygens (including phenoxy) is 2. The summed E-state index contributed by atoms with van der Waals surface area (Å²) in [4.78, 5) is 22.9. The quantitative estimate of drug-likeness (QED) is 0.265. The Balaban J connectivity index is 1.12. The smallest absolute Gasteiger partial charge is 0.354 e. The summed E-state index contributed by atoms with van der Waals surface area (Å²) >= 11 is 5.80. The van der Waals surface area contributed by atoms with E-state index in [0.717, 1.165) is 31.8 Å². The SMILES string of the molecule is O=C(O)c1ccc2nc(CN3CC[C@@H](Nc4ccc(F)c(OCc5ccc(Cl)cc5F)c4)C3)n(C[C@@H]3CCO3)c2n1. The number of likely N-dealkylation sites (tertiary alicyclic amines) is 1. The summed E-state index contributed by atoms with van der Waals surface area (Å²) in [5.74, 6) is -1.30. The van der Waals surface area contributed by atoms with Crippen LogP contribution in [0.2, 0.25) is 5.02 Å². The number of anilines is 1. The highest BCUT2D eigenvalue weighted by molar-refractivity contribution is 6.30. The molecule has 2 N–H and O–H groups in total. The van der Waals surface area contributed by atoms with Crippen LogP contribution < -0.4 is 10.1 Å². The van der Waals surface area contributed by atoms with E-state index in [0.29, 0.717) is 36.5 Å². The zero-order chi connectivity index (χ0) is 28.5. The Bertz CT molecular complexity index is 1600. The van der Waals surface area contributed by atoms with Crippen LogP contribution in [0.15, 0.2) is 48.5 Å². The fourth-order valence-electron chi connectivity index (χ4n) is 5.14. The summed E-state index contributed by atoms with van der Waals surface area (Å²) < 4.78 is 41.7. The lowest BCUT2D eigenvalue weighted by Gasteiger charge is -2.28. The zero-order valence-electron chi connectivity index (χ0n) is 22.0. The fourth-order valence-corrected chi connectivity index (χ4v) is 5.30. The molecule has 4 heterocycles. The number of carboxylic acids is 1. The van der Waals surface area contributed by atoms with Gasteiger partial charge in [-0.1, -0.05) is 17.7 Å².